The van der Waals surface area contributed by atoms with E-state index in [0.717, 1.165) is 28.1 Å². The summed E-state index contributed by atoms with van der Waals surface area (Å²) in [4.78, 5) is 2.00. The Morgan fingerprint density at radius 3 is 2.27 bits per heavy atom. The molecule has 1 aromatic rings. The van der Waals surface area contributed by atoms with Gasteiger partial charge in [-0.3, -0.25) is 0 Å². The molecule has 0 amide bonds. The van der Waals surface area contributed by atoms with Gasteiger partial charge >= 0.3 is 0 Å². The van der Waals surface area contributed by atoms with Crippen molar-refractivity contribution in [1.29, 1.82) is 0 Å². The lowest BCUT2D eigenvalue weighted by molar-refractivity contribution is 0.628. The molecule has 0 aliphatic heterocycles. The highest BCUT2D eigenvalue weighted by atomic mass is 19.1. The van der Waals surface area contributed by atoms with E-state index >= 15 is 0 Å². The molecule has 0 unspecified atom stereocenters. The van der Waals surface area contributed by atoms with Gasteiger partial charge < -0.3 is 4.90 Å². The van der Waals surface area contributed by atoms with Gasteiger partial charge in [0, 0.05) is 18.4 Å². The minimum Gasteiger partial charge on any atom is -0.348 e. The van der Waals surface area contributed by atoms with Crippen LogP contribution < -0.4 is 4.90 Å². The number of hydrogen-bond donors (Lipinski definition) is 0. The van der Waals surface area contributed by atoms with Crippen molar-refractivity contribution < 1.29 is 4.39 Å². The molecule has 0 aliphatic rings. The lowest BCUT2D eigenvalue weighted by atomic mass is 9.98. The average Bonchev–Trinajstić information content (AvgIpc) is 2.52. The molecule has 0 saturated heterocycles. The van der Waals surface area contributed by atoms with E-state index in [1.54, 1.807) is 12.1 Å². The Kier molecular flexibility index (Phi) is 6.58. The number of halogens is 1. The maximum Gasteiger partial charge on any atom is 0.123 e. The standard InChI is InChI=1S/C20H24FN/c1-7-9-10-15(3)16(4)20(8-2)17(5)22(6)19-13-11-18(21)12-14-19/h7-14H,2,4H2,1,3,5-6H3/b9-7-,15-10+,20-17+. The van der Waals surface area contributed by atoms with E-state index in [2.05, 4.69) is 13.2 Å². The van der Waals surface area contributed by atoms with Crippen LogP contribution in [0.5, 0.6) is 0 Å². The molecule has 2 heteroatoms. The van der Waals surface area contributed by atoms with Crippen molar-refractivity contribution in [3.8, 4) is 0 Å². The third kappa shape index (κ3) is 4.32. The Bertz CT molecular complexity index is 630. The Hall–Kier alpha value is -2.35. The molecule has 0 fully saturated rings. The van der Waals surface area contributed by atoms with Gasteiger partial charge in [0.05, 0.1) is 0 Å². The normalized spacial score (nSPS) is 13.0. The molecule has 0 aromatic heterocycles. The van der Waals surface area contributed by atoms with Crippen LogP contribution in [0.1, 0.15) is 20.8 Å². The number of rotatable bonds is 6. The summed E-state index contributed by atoms with van der Waals surface area (Å²) in [6, 6.07) is 6.42. The molecular formula is C20H24FN. The summed E-state index contributed by atoms with van der Waals surface area (Å²) >= 11 is 0. The molecule has 0 atom stereocenters. The summed E-state index contributed by atoms with van der Waals surface area (Å²) in [5.41, 5.74) is 4.92. The molecule has 1 rings (SSSR count). The third-order valence-electron chi connectivity index (χ3n) is 3.65. The van der Waals surface area contributed by atoms with Crippen molar-refractivity contribution in [2.75, 3.05) is 11.9 Å². The van der Waals surface area contributed by atoms with Gasteiger partial charge in [-0.25, -0.2) is 4.39 Å². The highest BCUT2D eigenvalue weighted by molar-refractivity contribution is 5.59. The van der Waals surface area contributed by atoms with Crippen LogP contribution in [0.25, 0.3) is 0 Å². The third-order valence-corrected chi connectivity index (χ3v) is 3.65. The predicted octanol–water partition coefficient (Wildman–Crippen LogP) is 5.80. The van der Waals surface area contributed by atoms with E-state index < -0.39 is 0 Å². The summed E-state index contributed by atoms with van der Waals surface area (Å²) in [6.45, 7) is 14.1. The second-order valence-corrected chi connectivity index (χ2v) is 5.09. The van der Waals surface area contributed by atoms with Crippen LogP contribution in [0.4, 0.5) is 10.1 Å². The molecule has 1 nitrogen and oxygen atoms in total. The zero-order valence-electron chi connectivity index (χ0n) is 13.9. The fourth-order valence-corrected chi connectivity index (χ4v) is 2.08. The zero-order chi connectivity index (χ0) is 16.7. The first-order chi connectivity index (χ1) is 10.4. The van der Waals surface area contributed by atoms with Crippen molar-refractivity contribution in [2.24, 2.45) is 0 Å². The fraction of sp³-hybridized carbons (Fsp3) is 0.200. The number of allylic oxidation sites excluding steroid dienone is 8. The summed E-state index contributed by atoms with van der Waals surface area (Å²) in [6.07, 6.45) is 7.80. The lowest BCUT2D eigenvalue weighted by Crippen LogP contribution is -2.16. The van der Waals surface area contributed by atoms with Gasteiger partial charge in [-0.1, -0.05) is 37.5 Å². The molecular weight excluding hydrogens is 273 g/mol. The van der Waals surface area contributed by atoms with Crippen molar-refractivity contribution in [3.05, 3.63) is 90.0 Å². The van der Waals surface area contributed by atoms with Crippen LogP contribution in [0.2, 0.25) is 0 Å². The van der Waals surface area contributed by atoms with Crippen molar-refractivity contribution in [2.45, 2.75) is 20.8 Å². The Morgan fingerprint density at radius 2 is 1.77 bits per heavy atom. The van der Waals surface area contributed by atoms with Gasteiger partial charge in [0.25, 0.3) is 0 Å². The predicted molar refractivity (Wildman–Crippen MR) is 95.4 cm³/mol. The van der Waals surface area contributed by atoms with Gasteiger partial charge in [-0.15, -0.1) is 0 Å². The Balaban J connectivity index is 3.18. The molecule has 0 radical (unpaired) electrons. The van der Waals surface area contributed by atoms with E-state index in [9.17, 15) is 4.39 Å². The van der Waals surface area contributed by atoms with Crippen molar-refractivity contribution in [3.63, 3.8) is 0 Å². The smallest absolute Gasteiger partial charge is 0.123 e. The van der Waals surface area contributed by atoms with Crippen LogP contribution in [0.3, 0.4) is 0 Å². The van der Waals surface area contributed by atoms with Crippen LogP contribution in [0.15, 0.2) is 84.1 Å². The number of anilines is 1. The van der Waals surface area contributed by atoms with Crippen LogP contribution in [0, 0.1) is 5.82 Å². The van der Waals surface area contributed by atoms with Crippen LogP contribution in [-0.2, 0) is 0 Å². The molecule has 0 N–H and O–H groups in total. The Morgan fingerprint density at radius 1 is 1.18 bits per heavy atom. The highest BCUT2D eigenvalue weighted by Gasteiger charge is 2.10. The second-order valence-electron chi connectivity index (χ2n) is 5.09. The molecule has 0 aliphatic carbocycles. The summed E-state index contributed by atoms with van der Waals surface area (Å²) in [5.74, 6) is -0.239. The second kappa shape index (κ2) is 8.18. The summed E-state index contributed by atoms with van der Waals surface area (Å²) in [7, 11) is 1.95. The average molecular weight is 297 g/mol. The first kappa shape index (κ1) is 17.7. The molecule has 1 aromatic carbocycles. The van der Waals surface area contributed by atoms with Gasteiger partial charge in [0.15, 0.2) is 0 Å². The van der Waals surface area contributed by atoms with E-state index in [-0.39, 0.29) is 5.82 Å². The van der Waals surface area contributed by atoms with Gasteiger partial charge in [0.2, 0.25) is 0 Å². The molecule has 0 heterocycles. The molecule has 0 saturated carbocycles. The molecule has 22 heavy (non-hydrogen) atoms. The molecule has 0 bridgehead atoms. The highest BCUT2D eigenvalue weighted by Crippen LogP contribution is 2.26. The van der Waals surface area contributed by atoms with Gasteiger partial charge in [-0.2, -0.15) is 0 Å². The molecule has 0 spiro atoms. The number of hydrogen-bond acceptors (Lipinski definition) is 1. The van der Waals surface area contributed by atoms with E-state index in [0.29, 0.717) is 0 Å². The quantitative estimate of drug-likeness (QED) is 0.600. The SMILES string of the molecule is C=C/C(C(=C)/C(C)=C/C=C\C)=C(/C)N(C)c1ccc(F)cc1. The van der Waals surface area contributed by atoms with Gasteiger partial charge in [-0.05, 0) is 61.8 Å². The van der Waals surface area contributed by atoms with E-state index in [1.165, 1.54) is 12.1 Å². The van der Waals surface area contributed by atoms with E-state index in [4.69, 9.17) is 0 Å². The minimum absolute atomic E-state index is 0.239. The summed E-state index contributed by atoms with van der Waals surface area (Å²) < 4.78 is 13.1. The zero-order valence-corrected chi connectivity index (χ0v) is 13.9. The maximum atomic E-state index is 13.1. The summed E-state index contributed by atoms with van der Waals surface area (Å²) in [5, 5.41) is 0. The fourth-order valence-electron chi connectivity index (χ4n) is 2.08. The van der Waals surface area contributed by atoms with Crippen LogP contribution >= 0.6 is 0 Å². The first-order valence-electron chi connectivity index (χ1n) is 7.24. The van der Waals surface area contributed by atoms with Gasteiger partial charge in [0.1, 0.15) is 5.82 Å². The molecule has 116 valence electrons. The van der Waals surface area contributed by atoms with Crippen molar-refractivity contribution >= 4 is 5.69 Å². The van der Waals surface area contributed by atoms with Crippen molar-refractivity contribution in [1.82, 2.24) is 0 Å². The number of nitrogens with zero attached hydrogens (tertiary/aromatic N) is 1. The largest absolute Gasteiger partial charge is 0.348 e. The minimum atomic E-state index is -0.239. The lowest BCUT2D eigenvalue weighted by Gasteiger charge is -2.23. The Labute approximate surface area is 133 Å². The number of benzene rings is 1. The maximum absolute atomic E-state index is 13.1. The van der Waals surface area contributed by atoms with E-state index in [1.807, 2.05) is 57.0 Å². The van der Waals surface area contributed by atoms with Crippen LogP contribution in [-0.4, -0.2) is 7.05 Å². The first-order valence-corrected chi connectivity index (χ1v) is 7.24. The monoisotopic (exact) mass is 297 g/mol. The topological polar surface area (TPSA) is 3.24 Å².